The lowest BCUT2D eigenvalue weighted by Crippen LogP contribution is -2.60. The Morgan fingerprint density at radius 3 is 3.09 bits per heavy atom. The van der Waals surface area contributed by atoms with E-state index in [1.807, 2.05) is 21.7 Å². The number of carbonyl (C=O) groups excluding carboxylic acids is 1. The highest BCUT2D eigenvalue weighted by Crippen LogP contribution is 2.24. The zero-order chi connectivity index (χ0) is 16.1. The molecule has 1 aromatic heterocycles. The van der Waals surface area contributed by atoms with Crippen LogP contribution in [-0.4, -0.2) is 87.6 Å². The molecule has 2 aliphatic rings. The minimum atomic E-state index is -0.436. The van der Waals surface area contributed by atoms with Crippen LogP contribution in [0, 0.1) is 0 Å². The minimum Gasteiger partial charge on any atom is -0.383 e. The van der Waals surface area contributed by atoms with Crippen LogP contribution in [0.15, 0.2) is 16.8 Å². The van der Waals surface area contributed by atoms with E-state index >= 15 is 0 Å². The third kappa shape index (κ3) is 4.10. The van der Waals surface area contributed by atoms with Crippen molar-refractivity contribution in [3.05, 3.63) is 22.4 Å². The van der Waals surface area contributed by atoms with Gasteiger partial charge in [0.2, 0.25) is 0 Å². The third-order valence-corrected chi connectivity index (χ3v) is 5.03. The van der Waals surface area contributed by atoms with E-state index in [1.54, 1.807) is 18.4 Å². The number of methoxy groups -OCH3 is 1. The molecule has 0 aromatic carbocycles. The topological polar surface area (TPSA) is 51.2 Å². The highest BCUT2D eigenvalue weighted by Gasteiger charge is 2.41. The summed E-state index contributed by atoms with van der Waals surface area (Å²) in [4.78, 5) is 16.8. The lowest BCUT2D eigenvalue weighted by molar-refractivity contribution is -0.133. The van der Waals surface area contributed by atoms with Gasteiger partial charge in [-0.25, -0.2) is 0 Å². The molecule has 1 spiro atoms. The molecule has 6 nitrogen and oxygen atoms in total. The van der Waals surface area contributed by atoms with Crippen LogP contribution in [0.1, 0.15) is 10.4 Å². The Kier molecular flexibility index (Phi) is 5.66. The molecule has 0 saturated carbocycles. The van der Waals surface area contributed by atoms with Crippen LogP contribution >= 0.6 is 11.3 Å². The Balaban J connectivity index is 1.68. The molecule has 1 atom stereocenters. The summed E-state index contributed by atoms with van der Waals surface area (Å²) in [6.07, 6.45) is 0. The Morgan fingerprint density at radius 1 is 1.39 bits per heavy atom. The first-order chi connectivity index (χ1) is 11.2. The molecule has 0 bridgehead atoms. The summed E-state index contributed by atoms with van der Waals surface area (Å²) in [6.45, 7) is 6.15. The molecule has 1 amide bonds. The first-order valence-corrected chi connectivity index (χ1v) is 8.91. The van der Waals surface area contributed by atoms with Gasteiger partial charge in [-0.3, -0.25) is 9.69 Å². The molecule has 23 heavy (non-hydrogen) atoms. The maximum Gasteiger partial charge on any atom is 0.254 e. The average molecular weight is 340 g/mol. The number of hydrogen-bond donors (Lipinski definition) is 0. The van der Waals surface area contributed by atoms with E-state index in [-0.39, 0.29) is 5.91 Å². The molecule has 1 unspecified atom stereocenters. The molecule has 7 heteroatoms. The van der Waals surface area contributed by atoms with Gasteiger partial charge in [0, 0.05) is 38.7 Å². The lowest BCUT2D eigenvalue weighted by atomic mass is 10.0. The molecular weight excluding hydrogens is 316 g/mol. The molecule has 2 aliphatic heterocycles. The van der Waals surface area contributed by atoms with Crippen molar-refractivity contribution in [1.82, 2.24) is 9.80 Å². The summed E-state index contributed by atoms with van der Waals surface area (Å²) >= 11 is 1.55. The van der Waals surface area contributed by atoms with E-state index in [4.69, 9.17) is 14.2 Å². The van der Waals surface area contributed by atoms with Crippen LogP contribution in [0.4, 0.5) is 0 Å². The standard InChI is InChI=1S/C16H24N2O4S/c1-20-6-3-17-4-7-21-13-16(11-17)12-18(5-8-22-16)15(19)14-2-9-23-10-14/h2,9-10H,3-8,11-13H2,1H3. The Labute approximate surface area is 140 Å². The number of ether oxygens (including phenoxy) is 3. The van der Waals surface area contributed by atoms with Gasteiger partial charge in [-0.05, 0) is 11.4 Å². The van der Waals surface area contributed by atoms with Crippen LogP contribution in [0.5, 0.6) is 0 Å². The summed E-state index contributed by atoms with van der Waals surface area (Å²) < 4.78 is 17.1. The van der Waals surface area contributed by atoms with Gasteiger partial charge in [0.05, 0.1) is 38.5 Å². The molecule has 2 saturated heterocycles. The molecule has 3 rings (SSSR count). The van der Waals surface area contributed by atoms with E-state index in [0.29, 0.717) is 39.5 Å². The number of nitrogens with zero attached hydrogens (tertiary/aromatic N) is 2. The van der Waals surface area contributed by atoms with Crippen molar-refractivity contribution in [1.29, 1.82) is 0 Å². The molecule has 3 heterocycles. The van der Waals surface area contributed by atoms with Crippen molar-refractivity contribution in [2.24, 2.45) is 0 Å². The lowest BCUT2D eigenvalue weighted by Gasteiger charge is -2.43. The maximum atomic E-state index is 12.6. The van der Waals surface area contributed by atoms with Gasteiger partial charge in [-0.1, -0.05) is 0 Å². The van der Waals surface area contributed by atoms with Crippen molar-refractivity contribution in [3.8, 4) is 0 Å². The van der Waals surface area contributed by atoms with Gasteiger partial charge in [0.25, 0.3) is 5.91 Å². The normalized spacial score (nSPS) is 26.4. The van der Waals surface area contributed by atoms with Crippen LogP contribution in [-0.2, 0) is 14.2 Å². The van der Waals surface area contributed by atoms with E-state index < -0.39 is 5.60 Å². The largest absolute Gasteiger partial charge is 0.383 e. The molecule has 1 aromatic rings. The minimum absolute atomic E-state index is 0.0848. The molecule has 0 radical (unpaired) electrons. The van der Waals surface area contributed by atoms with Crippen molar-refractivity contribution in [2.45, 2.75) is 5.60 Å². The molecule has 2 fully saturated rings. The van der Waals surface area contributed by atoms with Crippen molar-refractivity contribution >= 4 is 17.2 Å². The first kappa shape index (κ1) is 16.9. The van der Waals surface area contributed by atoms with E-state index in [2.05, 4.69) is 4.90 Å². The molecule has 0 N–H and O–H groups in total. The Morgan fingerprint density at radius 2 is 2.30 bits per heavy atom. The van der Waals surface area contributed by atoms with Crippen molar-refractivity contribution < 1.29 is 19.0 Å². The van der Waals surface area contributed by atoms with E-state index in [1.165, 1.54) is 0 Å². The summed E-state index contributed by atoms with van der Waals surface area (Å²) in [7, 11) is 1.71. The predicted octanol–water partition coefficient (Wildman–Crippen LogP) is 0.938. The fraction of sp³-hybridized carbons (Fsp3) is 0.688. The van der Waals surface area contributed by atoms with E-state index in [9.17, 15) is 4.79 Å². The number of morpholine rings is 1. The highest BCUT2D eigenvalue weighted by atomic mass is 32.1. The van der Waals surface area contributed by atoms with Crippen molar-refractivity contribution in [2.75, 3.05) is 66.3 Å². The molecule has 0 aliphatic carbocycles. The Hall–Kier alpha value is -0.990. The second-order valence-electron chi connectivity index (χ2n) is 6.09. The number of carbonyl (C=O) groups is 1. The fourth-order valence-electron chi connectivity index (χ4n) is 3.17. The summed E-state index contributed by atoms with van der Waals surface area (Å²) in [5.41, 5.74) is 0.326. The van der Waals surface area contributed by atoms with Crippen LogP contribution in [0.25, 0.3) is 0 Å². The fourth-order valence-corrected chi connectivity index (χ4v) is 3.79. The van der Waals surface area contributed by atoms with Gasteiger partial charge in [0.15, 0.2) is 0 Å². The van der Waals surface area contributed by atoms with Gasteiger partial charge >= 0.3 is 0 Å². The highest BCUT2D eigenvalue weighted by molar-refractivity contribution is 7.08. The zero-order valence-corrected chi connectivity index (χ0v) is 14.3. The zero-order valence-electron chi connectivity index (χ0n) is 13.5. The van der Waals surface area contributed by atoms with Gasteiger partial charge in [-0.2, -0.15) is 11.3 Å². The number of rotatable bonds is 4. The molecule has 128 valence electrons. The van der Waals surface area contributed by atoms with Crippen LogP contribution in [0.2, 0.25) is 0 Å². The number of hydrogen-bond acceptors (Lipinski definition) is 6. The third-order valence-electron chi connectivity index (χ3n) is 4.34. The van der Waals surface area contributed by atoms with Gasteiger partial charge in [0.1, 0.15) is 5.60 Å². The van der Waals surface area contributed by atoms with Gasteiger partial charge in [-0.15, -0.1) is 0 Å². The SMILES string of the molecule is COCCN1CCOCC2(C1)CN(C(=O)c1ccsc1)CCO2. The van der Waals surface area contributed by atoms with Crippen LogP contribution in [0.3, 0.4) is 0 Å². The average Bonchev–Trinajstić information content (AvgIpc) is 3.03. The quantitative estimate of drug-likeness (QED) is 0.816. The maximum absolute atomic E-state index is 12.6. The number of amides is 1. The summed E-state index contributed by atoms with van der Waals surface area (Å²) in [5, 5.41) is 3.84. The second kappa shape index (κ2) is 7.72. The summed E-state index contributed by atoms with van der Waals surface area (Å²) in [5.74, 6) is 0.0848. The molecular formula is C16H24N2O4S. The van der Waals surface area contributed by atoms with Crippen molar-refractivity contribution in [3.63, 3.8) is 0 Å². The smallest absolute Gasteiger partial charge is 0.254 e. The monoisotopic (exact) mass is 340 g/mol. The van der Waals surface area contributed by atoms with Crippen LogP contribution < -0.4 is 0 Å². The predicted molar refractivity (Wildman–Crippen MR) is 88.0 cm³/mol. The second-order valence-corrected chi connectivity index (χ2v) is 6.87. The van der Waals surface area contributed by atoms with E-state index in [0.717, 1.165) is 25.2 Å². The van der Waals surface area contributed by atoms with Gasteiger partial charge < -0.3 is 19.1 Å². The summed E-state index contributed by atoms with van der Waals surface area (Å²) in [6, 6.07) is 1.88. The number of thiophene rings is 1. The Bertz CT molecular complexity index is 510. The first-order valence-electron chi connectivity index (χ1n) is 7.97.